The first-order valence-corrected chi connectivity index (χ1v) is 5.88. The summed E-state index contributed by atoms with van der Waals surface area (Å²) in [4.78, 5) is 0. The molecule has 1 atom stereocenters. The van der Waals surface area contributed by atoms with Gasteiger partial charge in [0.25, 0.3) is 0 Å². The Labute approximate surface area is 91.8 Å². The van der Waals surface area contributed by atoms with Crippen LogP contribution in [0, 0.1) is 0 Å². The van der Waals surface area contributed by atoms with Crippen molar-refractivity contribution in [2.24, 2.45) is 5.10 Å². The molecule has 0 aromatic rings. The smallest absolute Gasteiger partial charge is 0.134 e. The number of hydrazone groups is 1. The number of halogens is 1. The highest BCUT2D eigenvalue weighted by Gasteiger charge is 2.25. The Bertz CT molecular complexity index is 184. The molecule has 0 saturated heterocycles. The molecule has 14 heavy (non-hydrogen) atoms. The molecule has 0 radical (unpaired) electrons. The molecule has 0 aliphatic carbocycles. The topological polar surface area (TPSA) is 18.8 Å². The first-order chi connectivity index (χ1) is 6.79. The van der Waals surface area contributed by atoms with Crippen LogP contribution in [0.4, 0.5) is 0 Å². The molecule has 0 saturated carbocycles. The highest BCUT2D eigenvalue weighted by molar-refractivity contribution is 6.19. The first kappa shape index (κ1) is 11.6. The quantitative estimate of drug-likeness (QED) is 0.637. The van der Waals surface area contributed by atoms with E-state index in [1.807, 2.05) is 0 Å². The lowest BCUT2D eigenvalue weighted by molar-refractivity contribution is 0.160. The SMILES string of the molecule is CCCCC1N(Cl)C=NN1CCCC. The van der Waals surface area contributed by atoms with E-state index in [1.54, 1.807) is 10.8 Å². The van der Waals surface area contributed by atoms with Gasteiger partial charge in [0.2, 0.25) is 0 Å². The van der Waals surface area contributed by atoms with Gasteiger partial charge >= 0.3 is 0 Å². The average Bonchev–Trinajstić information content (AvgIpc) is 2.53. The minimum atomic E-state index is 0.281. The van der Waals surface area contributed by atoms with E-state index in [2.05, 4.69) is 24.0 Å². The van der Waals surface area contributed by atoms with Gasteiger partial charge in [-0.15, -0.1) is 0 Å². The van der Waals surface area contributed by atoms with Crippen LogP contribution in [0.3, 0.4) is 0 Å². The Morgan fingerprint density at radius 3 is 2.64 bits per heavy atom. The van der Waals surface area contributed by atoms with Crippen LogP contribution >= 0.6 is 11.8 Å². The van der Waals surface area contributed by atoms with Gasteiger partial charge in [-0.05, 0) is 19.3 Å². The summed E-state index contributed by atoms with van der Waals surface area (Å²) in [5, 5.41) is 6.39. The second-order valence-electron chi connectivity index (χ2n) is 3.71. The van der Waals surface area contributed by atoms with Crippen LogP contribution in [-0.2, 0) is 0 Å². The zero-order chi connectivity index (χ0) is 10.4. The van der Waals surface area contributed by atoms with Crippen molar-refractivity contribution in [1.29, 1.82) is 0 Å². The maximum Gasteiger partial charge on any atom is 0.134 e. The zero-order valence-corrected chi connectivity index (χ0v) is 9.87. The Balaban J connectivity index is 2.35. The van der Waals surface area contributed by atoms with E-state index in [9.17, 15) is 0 Å². The molecule has 1 aliphatic heterocycles. The Hall–Kier alpha value is -0.440. The lowest BCUT2D eigenvalue weighted by Crippen LogP contribution is -2.35. The fourth-order valence-corrected chi connectivity index (χ4v) is 1.82. The van der Waals surface area contributed by atoms with E-state index in [0.717, 1.165) is 13.0 Å². The molecule has 3 nitrogen and oxygen atoms in total. The van der Waals surface area contributed by atoms with Gasteiger partial charge in [0.15, 0.2) is 0 Å². The molecule has 0 amide bonds. The van der Waals surface area contributed by atoms with Crippen molar-refractivity contribution >= 4 is 18.1 Å². The van der Waals surface area contributed by atoms with Crippen LogP contribution < -0.4 is 0 Å². The number of unbranched alkanes of at least 4 members (excludes halogenated alkanes) is 2. The van der Waals surface area contributed by atoms with E-state index in [1.165, 1.54) is 25.7 Å². The van der Waals surface area contributed by atoms with E-state index < -0.39 is 0 Å². The predicted molar refractivity (Wildman–Crippen MR) is 61.1 cm³/mol. The Morgan fingerprint density at radius 1 is 1.29 bits per heavy atom. The van der Waals surface area contributed by atoms with Crippen molar-refractivity contribution < 1.29 is 0 Å². The van der Waals surface area contributed by atoms with Gasteiger partial charge in [0.05, 0.1) is 0 Å². The summed E-state index contributed by atoms with van der Waals surface area (Å²) in [6, 6.07) is 0. The molecular formula is C10H20ClN3. The molecule has 0 aromatic heterocycles. The normalized spacial score (nSPS) is 20.9. The fraction of sp³-hybridized carbons (Fsp3) is 0.900. The van der Waals surface area contributed by atoms with Gasteiger partial charge in [0, 0.05) is 18.3 Å². The minimum Gasteiger partial charge on any atom is -0.272 e. The molecule has 0 fully saturated rings. The summed E-state index contributed by atoms with van der Waals surface area (Å²) in [7, 11) is 0. The molecule has 0 N–H and O–H groups in total. The van der Waals surface area contributed by atoms with Crippen LogP contribution in [0.5, 0.6) is 0 Å². The van der Waals surface area contributed by atoms with Gasteiger partial charge in [-0.25, -0.2) is 4.42 Å². The third kappa shape index (κ3) is 3.05. The van der Waals surface area contributed by atoms with Crippen LogP contribution in [0.2, 0.25) is 0 Å². The van der Waals surface area contributed by atoms with Crippen LogP contribution in [0.15, 0.2) is 5.10 Å². The summed E-state index contributed by atoms with van der Waals surface area (Å²) in [5.41, 5.74) is 0. The average molecular weight is 218 g/mol. The summed E-state index contributed by atoms with van der Waals surface area (Å²) in [5.74, 6) is 0. The lowest BCUT2D eigenvalue weighted by atomic mass is 10.2. The van der Waals surface area contributed by atoms with Crippen molar-refractivity contribution in [3.63, 3.8) is 0 Å². The molecule has 1 rings (SSSR count). The number of rotatable bonds is 6. The number of hydrogen-bond donors (Lipinski definition) is 0. The van der Waals surface area contributed by atoms with Gasteiger partial charge in [-0.1, -0.05) is 26.7 Å². The monoisotopic (exact) mass is 217 g/mol. The molecular weight excluding hydrogens is 198 g/mol. The molecule has 4 heteroatoms. The van der Waals surface area contributed by atoms with Gasteiger partial charge in [-0.2, -0.15) is 5.10 Å². The van der Waals surface area contributed by atoms with Crippen LogP contribution in [0.25, 0.3) is 0 Å². The van der Waals surface area contributed by atoms with Gasteiger partial charge < -0.3 is 0 Å². The van der Waals surface area contributed by atoms with Crippen LogP contribution in [0.1, 0.15) is 46.0 Å². The van der Waals surface area contributed by atoms with E-state index >= 15 is 0 Å². The lowest BCUT2D eigenvalue weighted by Gasteiger charge is -2.26. The molecule has 0 bridgehead atoms. The molecule has 1 unspecified atom stereocenters. The van der Waals surface area contributed by atoms with Crippen molar-refractivity contribution in [3.8, 4) is 0 Å². The standard InChI is InChI=1S/C10H20ClN3/c1-3-5-7-10-13(11)9-12-14(10)8-6-4-2/h9-10H,3-8H2,1-2H3. The third-order valence-corrected chi connectivity index (χ3v) is 2.81. The number of hydrogen-bond acceptors (Lipinski definition) is 3. The van der Waals surface area contributed by atoms with Crippen molar-refractivity contribution in [2.75, 3.05) is 6.54 Å². The second-order valence-corrected chi connectivity index (χ2v) is 4.11. The van der Waals surface area contributed by atoms with E-state index in [-0.39, 0.29) is 6.17 Å². The molecule has 0 aromatic carbocycles. The maximum atomic E-state index is 6.03. The fourth-order valence-electron chi connectivity index (χ4n) is 1.58. The highest BCUT2D eigenvalue weighted by Crippen LogP contribution is 2.20. The Kier molecular flexibility index (Phi) is 5.09. The Morgan fingerprint density at radius 2 is 2.00 bits per heavy atom. The predicted octanol–water partition coefficient (Wildman–Crippen LogP) is 3.02. The number of nitrogens with zero attached hydrogens (tertiary/aromatic N) is 3. The molecule has 82 valence electrons. The minimum absolute atomic E-state index is 0.281. The third-order valence-electron chi connectivity index (χ3n) is 2.50. The van der Waals surface area contributed by atoms with E-state index in [4.69, 9.17) is 11.8 Å². The zero-order valence-electron chi connectivity index (χ0n) is 9.12. The molecule has 1 heterocycles. The maximum absolute atomic E-state index is 6.03. The molecule has 1 aliphatic rings. The van der Waals surface area contributed by atoms with Crippen molar-refractivity contribution in [1.82, 2.24) is 9.43 Å². The molecule has 0 spiro atoms. The summed E-state index contributed by atoms with van der Waals surface area (Å²) >= 11 is 6.03. The van der Waals surface area contributed by atoms with Gasteiger partial charge in [-0.3, -0.25) is 5.01 Å². The van der Waals surface area contributed by atoms with E-state index in [0.29, 0.717) is 0 Å². The largest absolute Gasteiger partial charge is 0.272 e. The summed E-state index contributed by atoms with van der Waals surface area (Å²) in [6.07, 6.45) is 7.91. The van der Waals surface area contributed by atoms with Gasteiger partial charge in [0.1, 0.15) is 12.5 Å². The van der Waals surface area contributed by atoms with Crippen LogP contribution in [-0.4, -0.2) is 28.5 Å². The first-order valence-electron chi connectivity index (χ1n) is 5.54. The highest BCUT2D eigenvalue weighted by atomic mass is 35.5. The summed E-state index contributed by atoms with van der Waals surface area (Å²) < 4.78 is 1.70. The second kappa shape index (κ2) is 6.12. The van der Waals surface area contributed by atoms with Crippen molar-refractivity contribution in [2.45, 2.75) is 52.1 Å². The van der Waals surface area contributed by atoms with Crippen molar-refractivity contribution in [3.05, 3.63) is 0 Å². The summed E-state index contributed by atoms with van der Waals surface area (Å²) in [6.45, 7) is 5.41.